The highest BCUT2D eigenvalue weighted by Crippen LogP contribution is 2.35. The SMILES string of the molecule is COc1ccc(S(=O)(=O)N2CCCc3ccc(NS(=O)(=O)c4cc(F)ccc4F)cc32)cc1. The van der Waals surface area contributed by atoms with E-state index in [1.165, 1.54) is 47.8 Å². The van der Waals surface area contributed by atoms with Gasteiger partial charge in [-0.1, -0.05) is 6.07 Å². The van der Waals surface area contributed by atoms with Crippen molar-refractivity contribution < 1.29 is 30.4 Å². The summed E-state index contributed by atoms with van der Waals surface area (Å²) >= 11 is 0. The van der Waals surface area contributed by atoms with Crippen LogP contribution >= 0.6 is 0 Å². The van der Waals surface area contributed by atoms with Gasteiger partial charge in [-0.2, -0.15) is 0 Å². The van der Waals surface area contributed by atoms with Crippen molar-refractivity contribution in [2.75, 3.05) is 22.7 Å². The van der Waals surface area contributed by atoms with E-state index >= 15 is 0 Å². The zero-order valence-corrected chi connectivity index (χ0v) is 19.1. The van der Waals surface area contributed by atoms with E-state index < -0.39 is 36.6 Å². The Kier molecular flexibility index (Phi) is 6.02. The van der Waals surface area contributed by atoms with Crippen molar-refractivity contribution >= 4 is 31.4 Å². The van der Waals surface area contributed by atoms with Crippen molar-refractivity contribution in [3.63, 3.8) is 0 Å². The Bertz CT molecular complexity index is 1410. The molecule has 3 aromatic rings. The minimum atomic E-state index is -4.45. The van der Waals surface area contributed by atoms with E-state index in [9.17, 15) is 25.6 Å². The van der Waals surface area contributed by atoms with Gasteiger partial charge in [-0.3, -0.25) is 9.03 Å². The Hall–Kier alpha value is -3.18. The number of fused-ring (bicyclic) bond motifs is 1. The lowest BCUT2D eigenvalue weighted by molar-refractivity contribution is 0.414. The maximum Gasteiger partial charge on any atom is 0.264 e. The van der Waals surface area contributed by atoms with Gasteiger partial charge in [0.15, 0.2) is 0 Å². The summed E-state index contributed by atoms with van der Waals surface area (Å²) in [5, 5.41) is 0. The molecule has 33 heavy (non-hydrogen) atoms. The number of sulfonamides is 2. The molecule has 0 fully saturated rings. The first-order chi connectivity index (χ1) is 15.6. The third-order valence-electron chi connectivity index (χ3n) is 5.24. The number of benzene rings is 3. The van der Waals surface area contributed by atoms with Crippen LogP contribution < -0.4 is 13.8 Å². The molecule has 0 atom stereocenters. The minimum absolute atomic E-state index is 0.0224. The fourth-order valence-corrected chi connectivity index (χ4v) is 6.29. The van der Waals surface area contributed by atoms with Gasteiger partial charge in [0.05, 0.1) is 23.4 Å². The maximum absolute atomic E-state index is 14.0. The number of nitrogens with zero attached hydrogens (tertiary/aromatic N) is 1. The second kappa shape index (κ2) is 8.64. The summed E-state index contributed by atoms with van der Waals surface area (Å²) in [5.74, 6) is -1.50. The van der Waals surface area contributed by atoms with Crippen molar-refractivity contribution in [2.24, 2.45) is 0 Å². The molecule has 1 N–H and O–H groups in total. The number of hydrogen-bond donors (Lipinski definition) is 1. The zero-order valence-electron chi connectivity index (χ0n) is 17.5. The Balaban J connectivity index is 1.70. The maximum atomic E-state index is 14.0. The molecule has 0 aromatic heterocycles. The van der Waals surface area contributed by atoms with E-state index in [1.54, 1.807) is 6.07 Å². The number of halogens is 2. The summed E-state index contributed by atoms with van der Waals surface area (Å²) in [6.45, 7) is 0.204. The summed E-state index contributed by atoms with van der Waals surface area (Å²) in [7, 11) is -6.91. The largest absolute Gasteiger partial charge is 0.497 e. The number of anilines is 2. The molecule has 0 bridgehead atoms. The highest BCUT2D eigenvalue weighted by atomic mass is 32.2. The van der Waals surface area contributed by atoms with Crippen molar-refractivity contribution in [3.05, 3.63) is 77.9 Å². The third kappa shape index (κ3) is 4.51. The van der Waals surface area contributed by atoms with Crippen LogP contribution in [0.4, 0.5) is 20.2 Å². The molecule has 0 unspecified atom stereocenters. The van der Waals surface area contributed by atoms with E-state index in [4.69, 9.17) is 4.74 Å². The summed E-state index contributed by atoms with van der Waals surface area (Å²) < 4.78 is 87.9. The van der Waals surface area contributed by atoms with Crippen LogP contribution in [0.5, 0.6) is 5.75 Å². The van der Waals surface area contributed by atoms with Gasteiger partial charge in [-0.15, -0.1) is 0 Å². The molecule has 174 valence electrons. The van der Waals surface area contributed by atoms with Gasteiger partial charge in [-0.25, -0.2) is 25.6 Å². The minimum Gasteiger partial charge on any atom is -0.497 e. The average molecular weight is 495 g/mol. The lowest BCUT2D eigenvalue weighted by atomic mass is 10.0. The molecule has 1 heterocycles. The van der Waals surface area contributed by atoms with Crippen LogP contribution in [-0.2, 0) is 26.5 Å². The first kappa shape index (κ1) is 23.0. The monoisotopic (exact) mass is 494 g/mol. The lowest BCUT2D eigenvalue weighted by Crippen LogP contribution is -2.35. The predicted octanol–water partition coefficient (Wildman–Crippen LogP) is 3.92. The summed E-state index contributed by atoms with van der Waals surface area (Å²) in [6.07, 6.45) is 1.19. The van der Waals surface area contributed by atoms with Gasteiger partial charge in [-0.05, 0) is 73.0 Å². The number of rotatable bonds is 6. The van der Waals surface area contributed by atoms with E-state index in [2.05, 4.69) is 4.72 Å². The average Bonchev–Trinajstić information content (AvgIpc) is 2.79. The molecule has 0 spiro atoms. The van der Waals surface area contributed by atoms with Crippen LogP contribution in [0.2, 0.25) is 0 Å². The molecule has 1 aliphatic heterocycles. The quantitative estimate of drug-likeness (QED) is 0.561. The molecule has 0 aliphatic carbocycles. The van der Waals surface area contributed by atoms with Crippen molar-refractivity contribution in [2.45, 2.75) is 22.6 Å². The first-order valence-corrected chi connectivity index (χ1v) is 12.8. The van der Waals surface area contributed by atoms with Gasteiger partial charge < -0.3 is 4.74 Å². The van der Waals surface area contributed by atoms with Gasteiger partial charge in [0, 0.05) is 6.54 Å². The normalized spacial score (nSPS) is 14.0. The highest BCUT2D eigenvalue weighted by molar-refractivity contribution is 7.93. The first-order valence-electron chi connectivity index (χ1n) is 9.89. The van der Waals surface area contributed by atoms with E-state index in [0.717, 1.165) is 17.7 Å². The van der Waals surface area contributed by atoms with Gasteiger partial charge in [0.2, 0.25) is 0 Å². The summed E-state index contributed by atoms with van der Waals surface area (Å²) in [5.41, 5.74) is 1.06. The number of aryl methyl sites for hydroxylation is 1. The molecule has 1 aliphatic rings. The zero-order chi connectivity index (χ0) is 23.8. The molecule has 0 saturated heterocycles. The van der Waals surface area contributed by atoms with Gasteiger partial charge >= 0.3 is 0 Å². The topological polar surface area (TPSA) is 92.8 Å². The predicted molar refractivity (Wildman–Crippen MR) is 119 cm³/mol. The van der Waals surface area contributed by atoms with Crippen molar-refractivity contribution in [3.8, 4) is 5.75 Å². The molecule has 0 amide bonds. The smallest absolute Gasteiger partial charge is 0.264 e. The fourth-order valence-electron chi connectivity index (χ4n) is 3.62. The molecule has 0 radical (unpaired) electrons. The van der Waals surface area contributed by atoms with Gasteiger partial charge in [0.1, 0.15) is 22.3 Å². The Morgan fingerprint density at radius 1 is 0.939 bits per heavy atom. The molecule has 11 heteroatoms. The summed E-state index contributed by atoms with van der Waals surface area (Å²) in [4.78, 5) is -0.785. The Morgan fingerprint density at radius 3 is 2.36 bits per heavy atom. The molecule has 3 aromatic carbocycles. The molecular weight excluding hydrogens is 474 g/mol. The van der Waals surface area contributed by atoms with Gasteiger partial charge in [0.25, 0.3) is 20.0 Å². The lowest BCUT2D eigenvalue weighted by Gasteiger charge is -2.31. The summed E-state index contributed by atoms with van der Waals surface area (Å²) in [6, 6.07) is 12.5. The number of hydrogen-bond acceptors (Lipinski definition) is 5. The third-order valence-corrected chi connectivity index (χ3v) is 8.47. The van der Waals surface area contributed by atoms with Crippen LogP contribution in [0.25, 0.3) is 0 Å². The molecular formula is C22H20F2N2O5S2. The van der Waals surface area contributed by atoms with Crippen LogP contribution in [0, 0.1) is 11.6 Å². The van der Waals surface area contributed by atoms with E-state index in [0.29, 0.717) is 30.3 Å². The second-order valence-corrected chi connectivity index (χ2v) is 10.9. The number of nitrogens with one attached hydrogen (secondary N) is 1. The van der Waals surface area contributed by atoms with Crippen molar-refractivity contribution in [1.29, 1.82) is 0 Å². The van der Waals surface area contributed by atoms with Crippen LogP contribution in [0.1, 0.15) is 12.0 Å². The van der Waals surface area contributed by atoms with Crippen LogP contribution in [0.15, 0.2) is 70.5 Å². The van der Waals surface area contributed by atoms with Crippen LogP contribution in [0.3, 0.4) is 0 Å². The Labute approximate surface area is 190 Å². The molecule has 4 rings (SSSR count). The second-order valence-electron chi connectivity index (χ2n) is 7.38. The molecule has 0 saturated carbocycles. The Morgan fingerprint density at radius 2 is 1.67 bits per heavy atom. The standard InChI is InChI=1S/C22H20F2N2O5S2/c1-31-18-7-9-19(10-8-18)33(29,30)26-12-2-3-15-4-6-17(14-21(15)26)25-32(27,28)22-13-16(23)5-11-20(22)24/h4-11,13-14,25H,2-3,12H2,1H3. The number of ether oxygens (including phenoxy) is 1. The van der Waals surface area contributed by atoms with Crippen LogP contribution in [-0.4, -0.2) is 30.5 Å². The van der Waals surface area contributed by atoms with E-state index in [-0.39, 0.29) is 17.1 Å². The van der Waals surface area contributed by atoms with E-state index in [1.807, 2.05) is 0 Å². The van der Waals surface area contributed by atoms with Crippen molar-refractivity contribution in [1.82, 2.24) is 0 Å². The molecule has 7 nitrogen and oxygen atoms in total. The highest BCUT2D eigenvalue weighted by Gasteiger charge is 2.30. The fraction of sp³-hybridized carbons (Fsp3) is 0.182. The number of methoxy groups -OCH3 is 1.